The largest absolute Gasteiger partial charge is 0.397 e. The number of benzene rings is 1. The highest BCUT2D eigenvalue weighted by molar-refractivity contribution is 7.21. The number of anilines is 2. The van der Waals surface area contributed by atoms with Crippen LogP contribution in [0.3, 0.4) is 0 Å². The van der Waals surface area contributed by atoms with Crippen LogP contribution >= 0.6 is 22.7 Å². The van der Waals surface area contributed by atoms with Crippen LogP contribution in [0.15, 0.2) is 48.0 Å². The van der Waals surface area contributed by atoms with E-state index in [0.717, 1.165) is 21.5 Å². The maximum absolute atomic E-state index is 12.6. The van der Waals surface area contributed by atoms with Gasteiger partial charge in [-0.05, 0) is 19.1 Å². The number of hydrogen-bond acceptors (Lipinski definition) is 6. The molecule has 0 unspecified atom stereocenters. The van der Waals surface area contributed by atoms with E-state index in [9.17, 15) is 4.79 Å². The summed E-state index contributed by atoms with van der Waals surface area (Å²) >= 11 is 2.67. The number of carbonyl (C=O) groups is 1. The number of carbonyl (C=O) groups excluding carboxylic acids is 1. The lowest BCUT2D eigenvalue weighted by Crippen LogP contribution is -2.11. The van der Waals surface area contributed by atoms with Crippen LogP contribution in [0.4, 0.5) is 10.8 Å². The maximum atomic E-state index is 12.6. The van der Waals surface area contributed by atoms with Gasteiger partial charge in [-0.15, -0.1) is 22.7 Å². The molecule has 4 rings (SSSR count). The van der Waals surface area contributed by atoms with Crippen molar-refractivity contribution in [3.05, 3.63) is 58.4 Å². The Balaban J connectivity index is 1.58. The molecule has 1 aromatic carbocycles. The van der Waals surface area contributed by atoms with Crippen LogP contribution in [-0.4, -0.2) is 15.9 Å². The summed E-state index contributed by atoms with van der Waals surface area (Å²) in [6.07, 6.45) is 1.69. The Morgan fingerprint density at radius 3 is 2.76 bits per heavy atom. The Morgan fingerprint density at radius 1 is 1.20 bits per heavy atom. The number of thiophene rings is 1. The summed E-state index contributed by atoms with van der Waals surface area (Å²) in [7, 11) is 0. The molecule has 124 valence electrons. The topological polar surface area (TPSA) is 80.9 Å². The fourth-order valence-electron chi connectivity index (χ4n) is 2.46. The zero-order valence-corrected chi connectivity index (χ0v) is 14.9. The average Bonchev–Trinajstić information content (AvgIpc) is 3.21. The van der Waals surface area contributed by atoms with E-state index in [1.165, 1.54) is 28.2 Å². The highest BCUT2D eigenvalue weighted by Gasteiger charge is 2.18. The molecule has 0 aliphatic heterocycles. The Labute approximate surface area is 152 Å². The molecule has 5 nitrogen and oxygen atoms in total. The van der Waals surface area contributed by atoms with Gasteiger partial charge < -0.3 is 5.73 Å². The van der Waals surface area contributed by atoms with Gasteiger partial charge in [-0.1, -0.05) is 29.8 Å². The monoisotopic (exact) mass is 366 g/mol. The third-order valence-corrected chi connectivity index (χ3v) is 5.67. The van der Waals surface area contributed by atoms with Crippen molar-refractivity contribution in [3.8, 4) is 11.3 Å². The van der Waals surface area contributed by atoms with E-state index in [4.69, 9.17) is 5.73 Å². The number of nitrogens with one attached hydrogen (secondary N) is 1. The van der Waals surface area contributed by atoms with Crippen molar-refractivity contribution in [2.45, 2.75) is 6.92 Å². The van der Waals surface area contributed by atoms with E-state index in [2.05, 4.69) is 15.3 Å². The lowest BCUT2D eigenvalue weighted by Gasteiger charge is -2.00. The van der Waals surface area contributed by atoms with Gasteiger partial charge >= 0.3 is 0 Å². The number of pyridine rings is 1. The van der Waals surface area contributed by atoms with Crippen molar-refractivity contribution in [3.63, 3.8) is 0 Å². The molecular weight excluding hydrogens is 352 g/mol. The smallest absolute Gasteiger partial charge is 0.269 e. The van der Waals surface area contributed by atoms with Crippen molar-refractivity contribution in [2.75, 3.05) is 11.1 Å². The summed E-state index contributed by atoms with van der Waals surface area (Å²) in [6, 6.07) is 11.8. The third-order valence-electron chi connectivity index (χ3n) is 3.78. The van der Waals surface area contributed by atoms with Gasteiger partial charge in [0.1, 0.15) is 9.71 Å². The van der Waals surface area contributed by atoms with Gasteiger partial charge in [-0.3, -0.25) is 10.1 Å². The van der Waals surface area contributed by atoms with E-state index >= 15 is 0 Å². The van der Waals surface area contributed by atoms with Gasteiger partial charge in [0.25, 0.3) is 5.91 Å². The lowest BCUT2D eigenvalue weighted by atomic mass is 10.1. The van der Waals surface area contributed by atoms with Gasteiger partial charge in [-0.25, -0.2) is 9.97 Å². The molecule has 0 radical (unpaired) electrons. The summed E-state index contributed by atoms with van der Waals surface area (Å²) in [5, 5.41) is 6.11. The Bertz CT molecular complexity index is 1070. The molecular formula is C18H14N4OS2. The number of amides is 1. The number of hydrogen-bond donors (Lipinski definition) is 2. The number of thiazole rings is 1. The summed E-state index contributed by atoms with van der Waals surface area (Å²) < 4.78 is 0. The third kappa shape index (κ3) is 2.99. The summed E-state index contributed by atoms with van der Waals surface area (Å²) in [5.41, 5.74) is 9.61. The molecule has 3 aromatic heterocycles. The Hall–Kier alpha value is -2.77. The first-order valence-electron chi connectivity index (χ1n) is 7.59. The number of aromatic nitrogens is 2. The number of nitrogens with two attached hydrogens (primary N) is 1. The molecule has 3 heterocycles. The normalized spacial score (nSPS) is 10.9. The number of nitrogen functional groups attached to an aromatic ring is 1. The van der Waals surface area contributed by atoms with E-state index in [1.54, 1.807) is 6.20 Å². The molecule has 0 aliphatic rings. The van der Waals surface area contributed by atoms with Gasteiger partial charge in [-0.2, -0.15) is 0 Å². The molecule has 0 spiro atoms. The van der Waals surface area contributed by atoms with Gasteiger partial charge in [0.2, 0.25) is 0 Å². The molecule has 0 aliphatic carbocycles. The summed E-state index contributed by atoms with van der Waals surface area (Å²) in [4.78, 5) is 22.5. The molecule has 7 heteroatoms. The zero-order valence-electron chi connectivity index (χ0n) is 13.3. The van der Waals surface area contributed by atoms with E-state index in [1.807, 2.05) is 48.7 Å². The quantitative estimate of drug-likeness (QED) is 0.557. The fraction of sp³-hybridized carbons (Fsp3) is 0.0556. The van der Waals surface area contributed by atoms with Crippen molar-refractivity contribution in [1.82, 2.24) is 9.97 Å². The highest BCUT2D eigenvalue weighted by Crippen LogP contribution is 2.33. The molecule has 1 amide bonds. The van der Waals surface area contributed by atoms with E-state index in [0.29, 0.717) is 15.7 Å². The second-order valence-electron chi connectivity index (χ2n) is 5.56. The number of nitrogens with zero attached hydrogens (tertiary/aromatic N) is 2. The summed E-state index contributed by atoms with van der Waals surface area (Å²) in [6.45, 7) is 2.04. The predicted molar refractivity (Wildman–Crippen MR) is 104 cm³/mol. The fourth-order valence-corrected chi connectivity index (χ4v) is 4.13. The standard InChI is InChI=1S/C18H14N4OS2/c1-10-4-6-11(7-5-10)13-9-24-18(21-13)22-16(23)15-14(19)12-3-2-8-20-17(12)25-15/h2-9H,19H2,1H3,(H,21,22,23). The maximum Gasteiger partial charge on any atom is 0.269 e. The first-order chi connectivity index (χ1) is 12.1. The zero-order chi connectivity index (χ0) is 17.4. The van der Waals surface area contributed by atoms with E-state index < -0.39 is 0 Å². The second kappa shape index (κ2) is 6.27. The van der Waals surface area contributed by atoms with Crippen LogP contribution in [0.1, 0.15) is 15.2 Å². The molecule has 25 heavy (non-hydrogen) atoms. The molecule has 0 saturated heterocycles. The minimum Gasteiger partial charge on any atom is -0.397 e. The Kier molecular flexibility index (Phi) is 3.95. The van der Waals surface area contributed by atoms with Crippen LogP contribution in [0.25, 0.3) is 21.5 Å². The second-order valence-corrected chi connectivity index (χ2v) is 7.42. The molecule has 3 N–H and O–H groups in total. The molecule has 0 atom stereocenters. The van der Waals surface area contributed by atoms with Crippen molar-refractivity contribution >= 4 is 49.6 Å². The van der Waals surface area contributed by atoms with Crippen LogP contribution < -0.4 is 11.1 Å². The van der Waals surface area contributed by atoms with Crippen LogP contribution in [0.2, 0.25) is 0 Å². The number of fused-ring (bicyclic) bond motifs is 1. The van der Waals surface area contributed by atoms with Crippen molar-refractivity contribution < 1.29 is 4.79 Å². The van der Waals surface area contributed by atoms with Gasteiger partial charge in [0.15, 0.2) is 5.13 Å². The predicted octanol–water partition coefficient (Wildman–Crippen LogP) is 4.56. The first kappa shape index (κ1) is 15.7. The lowest BCUT2D eigenvalue weighted by molar-refractivity contribution is 0.103. The Morgan fingerprint density at radius 2 is 2.00 bits per heavy atom. The van der Waals surface area contributed by atoms with Gasteiger partial charge in [0.05, 0.1) is 11.4 Å². The van der Waals surface area contributed by atoms with Gasteiger partial charge in [0, 0.05) is 22.5 Å². The number of aryl methyl sites for hydroxylation is 1. The minimum absolute atomic E-state index is 0.259. The molecule has 0 fully saturated rings. The highest BCUT2D eigenvalue weighted by atomic mass is 32.1. The van der Waals surface area contributed by atoms with Crippen LogP contribution in [0.5, 0.6) is 0 Å². The van der Waals surface area contributed by atoms with Crippen LogP contribution in [0, 0.1) is 6.92 Å². The van der Waals surface area contributed by atoms with E-state index in [-0.39, 0.29) is 5.91 Å². The molecule has 0 saturated carbocycles. The molecule has 4 aromatic rings. The van der Waals surface area contributed by atoms with Crippen LogP contribution in [-0.2, 0) is 0 Å². The SMILES string of the molecule is Cc1ccc(-c2csc(NC(=O)c3sc4ncccc4c3N)n2)cc1. The minimum atomic E-state index is -0.259. The number of rotatable bonds is 3. The first-order valence-corrected chi connectivity index (χ1v) is 9.28. The van der Waals surface area contributed by atoms with Crippen molar-refractivity contribution in [1.29, 1.82) is 0 Å². The average molecular weight is 366 g/mol. The van der Waals surface area contributed by atoms with Crippen molar-refractivity contribution in [2.24, 2.45) is 0 Å². The summed E-state index contributed by atoms with van der Waals surface area (Å²) in [5.74, 6) is -0.259. The molecule has 0 bridgehead atoms.